The molecule has 128 valence electrons. The quantitative estimate of drug-likeness (QED) is 0.634. The van der Waals surface area contributed by atoms with E-state index in [9.17, 15) is 9.59 Å². The molecular weight excluding hydrogens is 362 g/mol. The average molecular weight is 375 g/mol. The lowest BCUT2D eigenvalue weighted by molar-refractivity contribution is -0.115. The average Bonchev–Trinajstić information content (AvgIpc) is 3.25. The van der Waals surface area contributed by atoms with Crippen LogP contribution in [0.5, 0.6) is 0 Å². The molecule has 0 aliphatic rings. The highest BCUT2D eigenvalue weighted by atomic mass is 32.2. The largest absolute Gasteiger partial charge is 0.411 e. The molecule has 0 radical (unpaired) electrons. The van der Waals surface area contributed by atoms with Crippen LogP contribution in [0.15, 0.2) is 45.6 Å². The molecule has 8 nitrogen and oxygen atoms in total. The fraction of sp³-hybridized carbons (Fsp3) is 0.133. The third-order valence-corrected chi connectivity index (χ3v) is 4.89. The van der Waals surface area contributed by atoms with Crippen LogP contribution in [0, 0.1) is 0 Å². The van der Waals surface area contributed by atoms with Crippen LogP contribution in [-0.2, 0) is 4.79 Å². The zero-order valence-electron chi connectivity index (χ0n) is 13.0. The Kier molecular flexibility index (Phi) is 5.10. The molecule has 0 fully saturated rings. The monoisotopic (exact) mass is 375 g/mol. The third-order valence-electron chi connectivity index (χ3n) is 3.13. The summed E-state index contributed by atoms with van der Waals surface area (Å²) in [5, 5.41) is 12.4. The van der Waals surface area contributed by atoms with Gasteiger partial charge in [-0.15, -0.1) is 21.5 Å². The number of hydrogen-bond acceptors (Lipinski definition) is 8. The number of thiophene rings is 1. The van der Waals surface area contributed by atoms with E-state index >= 15 is 0 Å². The second kappa shape index (κ2) is 7.45. The van der Waals surface area contributed by atoms with E-state index in [1.165, 1.54) is 11.3 Å². The van der Waals surface area contributed by atoms with Gasteiger partial charge in [-0.05, 0) is 30.5 Å². The molecule has 25 heavy (non-hydrogen) atoms. The molecule has 0 unspecified atom stereocenters. The van der Waals surface area contributed by atoms with Crippen molar-refractivity contribution in [3.8, 4) is 11.5 Å². The Hall–Kier alpha value is -2.72. The van der Waals surface area contributed by atoms with E-state index in [2.05, 4.69) is 20.5 Å². The van der Waals surface area contributed by atoms with Gasteiger partial charge in [-0.25, -0.2) is 0 Å². The molecule has 3 aromatic rings. The van der Waals surface area contributed by atoms with Gasteiger partial charge < -0.3 is 15.5 Å². The maximum atomic E-state index is 12.3. The first-order chi connectivity index (χ1) is 12.0. The Bertz CT molecular complexity index is 893. The molecule has 0 aromatic carbocycles. The summed E-state index contributed by atoms with van der Waals surface area (Å²) in [5.74, 6) is -0.552. The molecule has 3 rings (SSSR count). The predicted octanol–water partition coefficient (Wildman–Crippen LogP) is 2.41. The number of amides is 2. The number of rotatable bonds is 6. The van der Waals surface area contributed by atoms with E-state index in [0.29, 0.717) is 16.5 Å². The molecule has 3 aromatic heterocycles. The predicted molar refractivity (Wildman–Crippen MR) is 94.3 cm³/mol. The number of aromatic nitrogens is 3. The van der Waals surface area contributed by atoms with Crippen molar-refractivity contribution in [3.63, 3.8) is 0 Å². The van der Waals surface area contributed by atoms with Gasteiger partial charge in [-0.3, -0.25) is 14.6 Å². The van der Waals surface area contributed by atoms with E-state index < -0.39 is 11.2 Å². The fourth-order valence-corrected chi connectivity index (χ4v) is 3.36. The Balaban J connectivity index is 1.65. The summed E-state index contributed by atoms with van der Waals surface area (Å²) in [7, 11) is 0. The van der Waals surface area contributed by atoms with Gasteiger partial charge in [-0.2, -0.15) is 0 Å². The van der Waals surface area contributed by atoms with Gasteiger partial charge in [0.2, 0.25) is 11.8 Å². The number of thioether (sulfide) groups is 1. The van der Waals surface area contributed by atoms with Gasteiger partial charge in [0.15, 0.2) is 0 Å². The summed E-state index contributed by atoms with van der Waals surface area (Å²) in [6, 6.07) is 5.13. The molecule has 1 atom stereocenters. The molecule has 0 aliphatic heterocycles. The van der Waals surface area contributed by atoms with Gasteiger partial charge in [0.05, 0.1) is 16.4 Å². The van der Waals surface area contributed by atoms with Crippen molar-refractivity contribution >= 4 is 39.9 Å². The zero-order valence-corrected chi connectivity index (χ0v) is 14.6. The molecule has 0 bridgehead atoms. The smallest absolute Gasteiger partial charge is 0.277 e. The number of nitrogens with two attached hydrogens (primary N) is 1. The van der Waals surface area contributed by atoms with Crippen molar-refractivity contribution in [1.29, 1.82) is 0 Å². The maximum Gasteiger partial charge on any atom is 0.277 e. The minimum atomic E-state index is -0.588. The summed E-state index contributed by atoms with van der Waals surface area (Å²) in [4.78, 5) is 27.6. The second-order valence-corrected chi connectivity index (χ2v) is 7.10. The number of anilines is 1. The van der Waals surface area contributed by atoms with Crippen molar-refractivity contribution in [2.45, 2.75) is 17.4 Å². The topological polar surface area (TPSA) is 124 Å². The highest BCUT2D eigenvalue weighted by Gasteiger charge is 2.21. The third kappa shape index (κ3) is 4.03. The lowest BCUT2D eigenvalue weighted by Crippen LogP contribution is -2.23. The van der Waals surface area contributed by atoms with Gasteiger partial charge in [0, 0.05) is 12.4 Å². The van der Waals surface area contributed by atoms with Crippen molar-refractivity contribution in [2.75, 3.05) is 5.32 Å². The van der Waals surface area contributed by atoms with Crippen molar-refractivity contribution in [2.24, 2.45) is 5.73 Å². The van der Waals surface area contributed by atoms with Crippen LogP contribution in [0.2, 0.25) is 0 Å². The molecular formula is C15H13N5O3S2. The van der Waals surface area contributed by atoms with Gasteiger partial charge in [-0.1, -0.05) is 11.8 Å². The highest BCUT2D eigenvalue weighted by molar-refractivity contribution is 8.00. The number of carbonyl (C=O) groups excluding carboxylic acids is 2. The molecule has 2 amide bonds. The molecule has 0 saturated carbocycles. The van der Waals surface area contributed by atoms with Crippen LogP contribution >= 0.6 is 23.1 Å². The van der Waals surface area contributed by atoms with Crippen LogP contribution in [-0.4, -0.2) is 32.2 Å². The Morgan fingerprint density at radius 2 is 2.20 bits per heavy atom. The first-order valence-electron chi connectivity index (χ1n) is 7.13. The number of nitrogens with zero attached hydrogens (tertiary/aromatic N) is 3. The molecule has 0 aliphatic carbocycles. The number of pyridine rings is 1. The summed E-state index contributed by atoms with van der Waals surface area (Å²) < 4.78 is 5.54. The number of nitrogens with one attached hydrogen (secondary N) is 1. The summed E-state index contributed by atoms with van der Waals surface area (Å²) in [6.07, 6.45) is 3.26. The van der Waals surface area contributed by atoms with Crippen molar-refractivity contribution in [1.82, 2.24) is 15.2 Å². The lowest BCUT2D eigenvalue weighted by Gasteiger charge is -2.09. The zero-order chi connectivity index (χ0) is 17.8. The number of hydrogen-bond donors (Lipinski definition) is 2. The number of primary amides is 1. The Morgan fingerprint density at radius 1 is 1.36 bits per heavy atom. The fourth-order valence-electron chi connectivity index (χ4n) is 1.88. The van der Waals surface area contributed by atoms with E-state index in [-0.39, 0.29) is 16.7 Å². The van der Waals surface area contributed by atoms with Crippen molar-refractivity contribution < 1.29 is 14.0 Å². The highest BCUT2D eigenvalue weighted by Crippen LogP contribution is 2.28. The van der Waals surface area contributed by atoms with Gasteiger partial charge >= 0.3 is 0 Å². The van der Waals surface area contributed by atoms with Crippen LogP contribution in [0.25, 0.3) is 11.5 Å². The summed E-state index contributed by atoms with van der Waals surface area (Å²) in [5.41, 5.74) is 6.25. The van der Waals surface area contributed by atoms with Gasteiger partial charge in [0.25, 0.3) is 11.1 Å². The standard InChI is InChI=1S/C15H13N5O3S2/c1-8(12(22)18-14-10(11(16)21)4-6-24-14)25-15-20-19-13(23-15)9-3-2-5-17-7-9/h2-8H,1H3,(H2,16,21)(H,18,22)/t8-/m0/s1. The first-order valence-corrected chi connectivity index (χ1v) is 8.89. The van der Waals surface area contributed by atoms with Crippen LogP contribution in [0.3, 0.4) is 0 Å². The Morgan fingerprint density at radius 3 is 2.92 bits per heavy atom. The lowest BCUT2D eigenvalue weighted by atomic mass is 10.3. The molecule has 3 N–H and O–H groups in total. The van der Waals surface area contributed by atoms with Gasteiger partial charge in [0.1, 0.15) is 5.00 Å². The Labute approximate surface area is 150 Å². The van der Waals surface area contributed by atoms with E-state index in [1.54, 1.807) is 42.9 Å². The van der Waals surface area contributed by atoms with Crippen molar-refractivity contribution in [3.05, 3.63) is 41.5 Å². The maximum absolute atomic E-state index is 12.3. The van der Waals surface area contributed by atoms with E-state index in [4.69, 9.17) is 10.2 Å². The van der Waals surface area contributed by atoms with E-state index in [0.717, 1.165) is 11.8 Å². The summed E-state index contributed by atoms with van der Waals surface area (Å²) >= 11 is 2.35. The van der Waals surface area contributed by atoms with E-state index in [1.807, 2.05) is 0 Å². The SMILES string of the molecule is C[C@H](Sc1nnc(-c2cccnc2)o1)C(=O)Nc1sccc1C(N)=O. The normalized spacial score (nSPS) is 11.9. The molecule has 0 saturated heterocycles. The van der Waals surface area contributed by atoms with Crippen LogP contribution < -0.4 is 11.1 Å². The van der Waals surface area contributed by atoms with Crippen LogP contribution in [0.4, 0.5) is 5.00 Å². The molecule has 0 spiro atoms. The second-order valence-electron chi connectivity index (χ2n) is 4.89. The first kappa shape index (κ1) is 17.1. The molecule has 10 heteroatoms. The number of carbonyl (C=O) groups is 2. The van der Waals surface area contributed by atoms with Crippen LogP contribution in [0.1, 0.15) is 17.3 Å². The minimum absolute atomic E-state index is 0.266. The minimum Gasteiger partial charge on any atom is -0.411 e. The molecule has 3 heterocycles. The summed E-state index contributed by atoms with van der Waals surface area (Å²) in [6.45, 7) is 1.70.